The van der Waals surface area contributed by atoms with E-state index < -0.39 is 0 Å². The molecule has 2 rings (SSSR count). The number of ether oxygens (including phenoxy) is 1. The summed E-state index contributed by atoms with van der Waals surface area (Å²) in [4.78, 5) is 0. The van der Waals surface area contributed by atoms with E-state index in [1.165, 1.54) is 5.56 Å². The zero-order valence-electron chi connectivity index (χ0n) is 11.5. The van der Waals surface area contributed by atoms with Gasteiger partial charge < -0.3 is 4.74 Å². The maximum absolute atomic E-state index is 5.72. The molecule has 0 aliphatic rings. The SMILES string of the molecule is COc1ccc(Br)c(C(CCc2ccccc2)NN)c1. The van der Waals surface area contributed by atoms with Crippen molar-refractivity contribution in [3.63, 3.8) is 0 Å². The van der Waals surface area contributed by atoms with Gasteiger partial charge in [0.1, 0.15) is 5.75 Å². The summed E-state index contributed by atoms with van der Waals surface area (Å²) in [6, 6.07) is 16.4. The summed E-state index contributed by atoms with van der Waals surface area (Å²) in [6.45, 7) is 0. The Bertz CT molecular complexity index is 545. The predicted molar refractivity (Wildman–Crippen MR) is 85.5 cm³/mol. The van der Waals surface area contributed by atoms with Crippen molar-refractivity contribution in [3.8, 4) is 5.75 Å². The largest absolute Gasteiger partial charge is 0.497 e. The van der Waals surface area contributed by atoms with Gasteiger partial charge in [-0.1, -0.05) is 46.3 Å². The van der Waals surface area contributed by atoms with Crippen LogP contribution in [0.15, 0.2) is 53.0 Å². The summed E-state index contributed by atoms with van der Waals surface area (Å²) in [5, 5.41) is 0. The molecule has 3 nitrogen and oxygen atoms in total. The lowest BCUT2D eigenvalue weighted by Crippen LogP contribution is -2.28. The second-order valence-electron chi connectivity index (χ2n) is 4.63. The molecule has 0 amide bonds. The molecule has 0 saturated carbocycles. The third kappa shape index (κ3) is 3.82. The number of hydrogen-bond acceptors (Lipinski definition) is 3. The van der Waals surface area contributed by atoms with Crippen LogP contribution in [0.5, 0.6) is 5.75 Å². The Morgan fingerprint density at radius 1 is 1.20 bits per heavy atom. The van der Waals surface area contributed by atoms with E-state index in [0.717, 1.165) is 28.6 Å². The van der Waals surface area contributed by atoms with Crippen LogP contribution in [0.4, 0.5) is 0 Å². The molecule has 0 aromatic heterocycles. The van der Waals surface area contributed by atoms with E-state index in [0.29, 0.717) is 0 Å². The molecule has 0 spiro atoms. The number of halogens is 1. The van der Waals surface area contributed by atoms with Gasteiger partial charge in [0.2, 0.25) is 0 Å². The summed E-state index contributed by atoms with van der Waals surface area (Å²) in [5.41, 5.74) is 5.32. The van der Waals surface area contributed by atoms with Gasteiger partial charge in [0.15, 0.2) is 0 Å². The van der Waals surface area contributed by atoms with Crippen LogP contribution in [0.3, 0.4) is 0 Å². The van der Waals surface area contributed by atoms with Crippen molar-refractivity contribution in [3.05, 3.63) is 64.1 Å². The van der Waals surface area contributed by atoms with Gasteiger partial charge in [0, 0.05) is 10.5 Å². The van der Waals surface area contributed by atoms with Gasteiger partial charge in [-0.05, 0) is 42.2 Å². The number of rotatable bonds is 6. The first kappa shape index (κ1) is 15.0. The first-order chi connectivity index (χ1) is 9.74. The van der Waals surface area contributed by atoms with Gasteiger partial charge in [-0.25, -0.2) is 0 Å². The molecule has 0 radical (unpaired) electrons. The van der Waals surface area contributed by atoms with Gasteiger partial charge in [-0.15, -0.1) is 0 Å². The highest BCUT2D eigenvalue weighted by Crippen LogP contribution is 2.29. The first-order valence-electron chi connectivity index (χ1n) is 6.58. The number of methoxy groups -OCH3 is 1. The molecule has 0 aliphatic carbocycles. The van der Waals surface area contributed by atoms with Crippen LogP contribution in [0.25, 0.3) is 0 Å². The first-order valence-corrected chi connectivity index (χ1v) is 7.37. The van der Waals surface area contributed by atoms with Gasteiger partial charge in [-0.3, -0.25) is 11.3 Å². The number of aryl methyl sites for hydroxylation is 1. The third-order valence-electron chi connectivity index (χ3n) is 3.34. The molecule has 0 saturated heterocycles. The summed E-state index contributed by atoms with van der Waals surface area (Å²) in [5.74, 6) is 6.55. The van der Waals surface area contributed by atoms with Crippen molar-refractivity contribution in [2.45, 2.75) is 18.9 Å². The van der Waals surface area contributed by atoms with Crippen molar-refractivity contribution >= 4 is 15.9 Å². The average Bonchev–Trinajstić information content (AvgIpc) is 2.50. The summed E-state index contributed by atoms with van der Waals surface area (Å²) in [7, 11) is 1.67. The van der Waals surface area contributed by atoms with Crippen molar-refractivity contribution < 1.29 is 4.74 Å². The van der Waals surface area contributed by atoms with Gasteiger partial charge in [0.05, 0.1) is 7.11 Å². The third-order valence-corrected chi connectivity index (χ3v) is 4.07. The van der Waals surface area contributed by atoms with Gasteiger partial charge in [0.25, 0.3) is 0 Å². The second kappa shape index (κ2) is 7.43. The molecule has 106 valence electrons. The van der Waals surface area contributed by atoms with E-state index in [1.54, 1.807) is 7.11 Å². The standard InChI is InChI=1S/C16H19BrN2O/c1-20-13-8-9-15(17)14(11-13)16(19-18)10-7-12-5-3-2-4-6-12/h2-6,8-9,11,16,19H,7,10,18H2,1H3. The van der Waals surface area contributed by atoms with Gasteiger partial charge in [-0.2, -0.15) is 0 Å². The minimum Gasteiger partial charge on any atom is -0.497 e. The summed E-state index contributed by atoms with van der Waals surface area (Å²) in [6.07, 6.45) is 1.89. The number of hydrazine groups is 1. The normalized spacial score (nSPS) is 12.2. The van der Waals surface area contributed by atoms with Crippen LogP contribution < -0.4 is 16.0 Å². The Morgan fingerprint density at radius 3 is 2.60 bits per heavy atom. The molecule has 1 unspecified atom stereocenters. The Hall–Kier alpha value is -1.36. The molecule has 20 heavy (non-hydrogen) atoms. The molecule has 0 bridgehead atoms. The van der Waals surface area contributed by atoms with Crippen molar-refractivity contribution in [1.82, 2.24) is 5.43 Å². The van der Waals surface area contributed by atoms with Crippen LogP contribution in [-0.4, -0.2) is 7.11 Å². The monoisotopic (exact) mass is 334 g/mol. The number of nitrogens with one attached hydrogen (secondary N) is 1. The van der Waals surface area contributed by atoms with Gasteiger partial charge >= 0.3 is 0 Å². The topological polar surface area (TPSA) is 47.3 Å². The fourth-order valence-electron chi connectivity index (χ4n) is 2.20. The molecule has 4 heteroatoms. The lowest BCUT2D eigenvalue weighted by Gasteiger charge is -2.18. The summed E-state index contributed by atoms with van der Waals surface area (Å²) < 4.78 is 6.31. The smallest absolute Gasteiger partial charge is 0.119 e. The molecule has 0 heterocycles. The van der Waals surface area contributed by atoms with Crippen LogP contribution in [0.1, 0.15) is 23.6 Å². The van der Waals surface area contributed by atoms with E-state index >= 15 is 0 Å². The molecule has 2 aromatic carbocycles. The molecule has 0 aliphatic heterocycles. The van der Waals surface area contributed by atoms with Crippen LogP contribution in [0, 0.1) is 0 Å². The molecular formula is C16H19BrN2O. The van der Waals surface area contributed by atoms with E-state index in [1.807, 2.05) is 24.3 Å². The van der Waals surface area contributed by atoms with Crippen molar-refractivity contribution in [1.29, 1.82) is 0 Å². The van der Waals surface area contributed by atoms with E-state index in [2.05, 4.69) is 45.6 Å². The highest BCUT2D eigenvalue weighted by molar-refractivity contribution is 9.10. The zero-order valence-corrected chi connectivity index (χ0v) is 13.1. The summed E-state index contributed by atoms with van der Waals surface area (Å²) >= 11 is 3.58. The Kier molecular flexibility index (Phi) is 5.59. The molecular weight excluding hydrogens is 316 g/mol. The molecule has 2 aromatic rings. The number of nitrogens with two attached hydrogens (primary N) is 1. The predicted octanol–water partition coefficient (Wildman–Crippen LogP) is 3.59. The molecule has 1 atom stereocenters. The fourth-order valence-corrected chi connectivity index (χ4v) is 2.72. The molecule has 3 N–H and O–H groups in total. The Labute approximate surface area is 128 Å². The van der Waals surface area contributed by atoms with E-state index in [9.17, 15) is 0 Å². The number of benzene rings is 2. The van der Waals surface area contributed by atoms with Crippen LogP contribution in [0.2, 0.25) is 0 Å². The second-order valence-corrected chi connectivity index (χ2v) is 5.49. The molecule has 0 fully saturated rings. The van der Waals surface area contributed by atoms with Crippen LogP contribution >= 0.6 is 15.9 Å². The number of hydrogen-bond donors (Lipinski definition) is 2. The highest BCUT2D eigenvalue weighted by atomic mass is 79.9. The zero-order chi connectivity index (χ0) is 14.4. The quantitative estimate of drug-likeness (QED) is 0.626. The maximum Gasteiger partial charge on any atom is 0.119 e. The minimum atomic E-state index is 0.0830. The average molecular weight is 335 g/mol. The lowest BCUT2D eigenvalue weighted by molar-refractivity contribution is 0.412. The Balaban J connectivity index is 2.12. The fraction of sp³-hybridized carbons (Fsp3) is 0.250. The van der Waals surface area contributed by atoms with Crippen LogP contribution in [-0.2, 0) is 6.42 Å². The van der Waals surface area contributed by atoms with Crippen molar-refractivity contribution in [2.24, 2.45) is 5.84 Å². The van der Waals surface area contributed by atoms with E-state index in [-0.39, 0.29) is 6.04 Å². The van der Waals surface area contributed by atoms with E-state index in [4.69, 9.17) is 10.6 Å². The highest BCUT2D eigenvalue weighted by Gasteiger charge is 2.14. The Morgan fingerprint density at radius 2 is 1.95 bits per heavy atom. The minimum absolute atomic E-state index is 0.0830. The van der Waals surface area contributed by atoms with Crippen molar-refractivity contribution in [2.75, 3.05) is 7.11 Å². The lowest BCUT2D eigenvalue weighted by atomic mass is 9.99. The maximum atomic E-state index is 5.72.